The number of aliphatic hydroxyl groups excluding tert-OH is 1. The molecule has 1 N–H and O–H groups in total. The number of aromatic nitrogens is 2. The first-order valence-corrected chi connectivity index (χ1v) is 7.00. The molecule has 0 radical (unpaired) electrons. The van der Waals surface area contributed by atoms with Crippen LogP contribution in [0.3, 0.4) is 0 Å². The summed E-state index contributed by atoms with van der Waals surface area (Å²) in [6.45, 7) is 1.95. The number of aliphatic hydroxyl groups is 1. The van der Waals surface area contributed by atoms with Crippen molar-refractivity contribution < 1.29 is 5.11 Å². The zero-order valence-corrected chi connectivity index (χ0v) is 11.9. The Morgan fingerprint density at radius 1 is 1.20 bits per heavy atom. The maximum Gasteiger partial charge on any atom is 0.156 e. The average molecular weight is 287 g/mol. The van der Waals surface area contributed by atoms with Gasteiger partial charge in [-0.1, -0.05) is 48.9 Å². The number of pyridine rings is 1. The summed E-state index contributed by atoms with van der Waals surface area (Å²) in [5.41, 5.74) is 3.23. The fourth-order valence-corrected chi connectivity index (χ4v) is 2.58. The van der Waals surface area contributed by atoms with E-state index in [0.717, 1.165) is 17.0 Å². The Labute approximate surface area is 122 Å². The van der Waals surface area contributed by atoms with Gasteiger partial charge < -0.3 is 5.11 Å². The Morgan fingerprint density at radius 3 is 2.65 bits per heavy atom. The minimum absolute atomic E-state index is 0.571. The van der Waals surface area contributed by atoms with Crippen molar-refractivity contribution in [3.05, 3.63) is 59.4 Å². The molecular formula is C16H15ClN2O. The Balaban J connectivity index is 2.33. The Kier molecular flexibility index (Phi) is 3.47. The summed E-state index contributed by atoms with van der Waals surface area (Å²) in [5, 5.41) is 10.9. The number of nitrogens with zero attached hydrogens (tertiary/aromatic N) is 2. The Hall–Kier alpha value is -1.84. The van der Waals surface area contributed by atoms with Crippen molar-refractivity contribution in [2.24, 2.45) is 0 Å². The van der Waals surface area contributed by atoms with Crippen molar-refractivity contribution in [3.63, 3.8) is 0 Å². The van der Waals surface area contributed by atoms with E-state index in [4.69, 9.17) is 11.6 Å². The van der Waals surface area contributed by atoms with Crippen molar-refractivity contribution in [1.82, 2.24) is 9.38 Å². The van der Waals surface area contributed by atoms with Gasteiger partial charge in [-0.05, 0) is 18.6 Å². The highest BCUT2D eigenvalue weighted by molar-refractivity contribution is 6.33. The molecule has 4 heteroatoms. The molecule has 2 heterocycles. The van der Waals surface area contributed by atoms with E-state index >= 15 is 0 Å². The molecule has 3 aromatic rings. The summed E-state index contributed by atoms with van der Waals surface area (Å²) >= 11 is 6.21. The van der Waals surface area contributed by atoms with E-state index in [0.29, 0.717) is 17.1 Å². The van der Waals surface area contributed by atoms with E-state index < -0.39 is 6.10 Å². The zero-order chi connectivity index (χ0) is 14.1. The second-order valence-corrected chi connectivity index (χ2v) is 5.09. The van der Waals surface area contributed by atoms with Crippen molar-refractivity contribution in [2.45, 2.75) is 19.4 Å². The van der Waals surface area contributed by atoms with Crippen LogP contribution in [0.1, 0.15) is 25.1 Å². The standard InChI is InChI=1S/C16H15ClN2O/c1-2-13(20)15-14(11-7-4-3-5-8-11)18-16-12(17)9-6-10-19(15)16/h3-10,13,20H,2H2,1H3. The number of halogens is 1. The molecule has 0 spiro atoms. The fraction of sp³-hybridized carbons (Fsp3) is 0.188. The van der Waals surface area contributed by atoms with Crippen LogP contribution < -0.4 is 0 Å². The van der Waals surface area contributed by atoms with E-state index in [1.54, 1.807) is 6.07 Å². The zero-order valence-electron chi connectivity index (χ0n) is 11.1. The highest BCUT2D eigenvalue weighted by atomic mass is 35.5. The van der Waals surface area contributed by atoms with Gasteiger partial charge in [-0.15, -0.1) is 0 Å². The third-order valence-corrected chi connectivity index (χ3v) is 3.68. The molecule has 0 amide bonds. The topological polar surface area (TPSA) is 37.5 Å². The lowest BCUT2D eigenvalue weighted by Crippen LogP contribution is -2.02. The maximum absolute atomic E-state index is 10.3. The molecule has 1 atom stereocenters. The molecule has 3 rings (SSSR count). The largest absolute Gasteiger partial charge is 0.387 e. The van der Waals surface area contributed by atoms with Gasteiger partial charge >= 0.3 is 0 Å². The molecule has 2 aromatic heterocycles. The minimum Gasteiger partial charge on any atom is -0.387 e. The first-order valence-electron chi connectivity index (χ1n) is 6.62. The normalized spacial score (nSPS) is 12.8. The van der Waals surface area contributed by atoms with Crippen LogP contribution in [0.4, 0.5) is 0 Å². The van der Waals surface area contributed by atoms with Crippen LogP contribution in [0.2, 0.25) is 5.02 Å². The van der Waals surface area contributed by atoms with Gasteiger partial charge in [0.1, 0.15) is 0 Å². The average Bonchev–Trinajstić information content (AvgIpc) is 2.88. The second-order valence-electron chi connectivity index (χ2n) is 4.69. The molecule has 0 aliphatic heterocycles. The number of hydrogen-bond acceptors (Lipinski definition) is 2. The van der Waals surface area contributed by atoms with Gasteiger partial charge in [0.05, 0.1) is 22.5 Å². The van der Waals surface area contributed by atoms with Crippen LogP contribution in [0, 0.1) is 0 Å². The number of hydrogen-bond donors (Lipinski definition) is 1. The lowest BCUT2D eigenvalue weighted by atomic mass is 10.1. The SMILES string of the molecule is CCC(O)c1c(-c2ccccc2)nc2c(Cl)cccn12. The lowest BCUT2D eigenvalue weighted by molar-refractivity contribution is 0.168. The lowest BCUT2D eigenvalue weighted by Gasteiger charge is -2.10. The fourth-order valence-electron chi connectivity index (χ4n) is 2.37. The molecule has 0 fully saturated rings. The van der Waals surface area contributed by atoms with Crippen molar-refractivity contribution >= 4 is 17.2 Å². The molecule has 0 saturated heterocycles. The smallest absolute Gasteiger partial charge is 0.156 e. The van der Waals surface area contributed by atoms with E-state index in [9.17, 15) is 5.11 Å². The Bertz CT molecular complexity index is 737. The van der Waals surface area contributed by atoms with Crippen LogP contribution in [0.5, 0.6) is 0 Å². The third-order valence-electron chi connectivity index (χ3n) is 3.39. The van der Waals surface area contributed by atoms with Gasteiger partial charge in [0, 0.05) is 11.8 Å². The van der Waals surface area contributed by atoms with E-state index in [1.807, 2.05) is 53.9 Å². The number of fused-ring (bicyclic) bond motifs is 1. The van der Waals surface area contributed by atoms with Crippen molar-refractivity contribution in [3.8, 4) is 11.3 Å². The first-order chi connectivity index (χ1) is 9.72. The third kappa shape index (κ3) is 2.09. The molecule has 0 bridgehead atoms. The van der Waals surface area contributed by atoms with Gasteiger partial charge in [-0.3, -0.25) is 4.40 Å². The monoisotopic (exact) mass is 286 g/mol. The molecule has 102 valence electrons. The van der Waals surface area contributed by atoms with Gasteiger partial charge in [0.15, 0.2) is 5.65 Å². The molecule has 0 aliphatic carbocycles. The van der Waals surface area contributed by atoms with Crippen LogP contribution >= 0.6 is 11.6 Å². The Morgan fingerprint density at radius 2 is 1.95 bits per heavy atom. The second kappa shape index (κ2) is 5.27. The minimum atomic E-state index is -0.571. The highest BCUT2D eigenvalue weighted by Crippen LogP contribution is 2.32. The van der Waals surface area contributed by atoms with Crippen molar-refractivity contribution in [1.29, 1.82) is 0 Å². The van der Waals surface area contributed by atoms with Crippen LogP contribution in [0.15, 0.2) is 48.7 Å². The summed E-state index contributed by atoms with van der Waals surface area (Å²) < 4.78 is 1.87. The summed E-state index contributed by atoms with van der Waals surface area (Å²) in [5.74, 6) is 0. The van der Waals surface area contributed by atoms with Gasteiger partial charge in [-0.25, -0.2) is 4.98 Å². The predicted molar refractivity (Wildman–Crippen MR) is 80.9 cm³/mol. The predicted octanol–water partition coefficient (Wildman–Crippen LogP) is 4.10. The molecule has 20 heavy (non-hydrogen) atoms. The molecule has 0 saturated carbocycles. The van der Waals surface area contributed by atoms with E-state index in [-0.39, 0.29) is 0 Å². The van der Waals surface area contributed by atoms with E-state index in [1.165, 1.54) is 0 Å². The summed E-state index contributed by atoms with van der Waals surface area (Å²) in [6, 6.07) is 13.5. The first kappa shape index (κ1) is 13.2. The highest BCUT2D eigenvalue weighted by Gasteiger charge is 2.20. The summed E-state index contributed by atoms with van der Waals surface area (Å²) in [7, 11) is 0. The van der Waals surface area contributed by atoms with E-state index in [2.05, 4.69) is 4.98 Å². The molecular weight excluding hydrogens is 272 g/mol. The number of benzene rings is 1. The number of imidazole rings is 1. The van der Waals surface area contributed by atoms with Gasteiger partial charge in [0.2, 0.25) is 0 Å². The van der Waals surface area contributed by atoms with Crippen LogP contribution in [-0.2, 0) is 0 Å². The van der Waals surface area contributed by atoms with Crippen LogP contribution in [0.25, 0.3) is 16.9 Å². The van der Waals surface area contributed by atoms with Crippen molar-refractivity contribution in [2.75, 3.05) is 0 Å². The molecule has 1 aromatic carbocycles. The molecule has 1 unspecified atom stereocenters. The van der Waals surface area contributed by atoms with Gasteiger partial charge in [-0.2, -0.15) is 0 Å². The summed E-state index contributed by atoms with van der Waals surface area (Å²) in [4.78, 5) is 4.62. The maximum atomic E-state index is 10.3. The summed E-state index contributed by atoms with van der Waals surface area (Å²) in [6.07, 6.45) is 1.94. The quantitative estimate of drug-likeness (QED) is 0.787. The van der Waals surface area contributed by atoms with Crippen LogP contribution in [-0.4, -0.2) is 14.5 Å². The molecule has 3 nitrogen and oxygen atoms in total. The number of rotatable bonds is 3. The van der Waals surface area contributed by atoms with Gasteiger partial charge in [0.25, 0.3) is 0 Å². The molecule has 0 aliphatic rings.